The molecule has 5 nitrogen and oxygen atoms in total. The van der Waals surface area contributed by atoms with Gasteiger partial charge < -0.3 is 15.0 Å². The second-order valence-corrected chi connectivity index (χ2v) is 7.57. The molecule has 3 aromatic rings. The van der Waals surface area contributed by atoms with E-state index < -0.39 is 0 Å². The number of rotatable bonds is 6. The Morgan fingerprint density at radius 1 is 1.31 bits per heavy atom. The zero-order chi connectivity index (χ0) is 17.6. The van der Waals surface area contributed by atoms with Crippen LogP contribution in [0.3, 0.4) is 0 Å². The number of pyridine rings is 1. The largest absolute Gasteiger partial charge is 0.357 e. The molecule has 8 heteroatoms. The number of nitrogens with one attached hydrogen (secondary N) is 2. The number of nitrogens with zero attached hydrogens (tertiary/aromatic N) is 3. The Balaban J connectivity index is 0.00000243. The molecule has 3 aromatic heterocycles. The first-order valence-corrected chi connectivity index (χ1v) is 10.1. The Hall–Kier alpha value is -1.13. The van der Waals surface area contributed by atoms with Gasteiger partial charge in [-0.2, -0.15) is 11.3 Å². The van der Waals surface area contributed by atoms with E-state index in [0.717, 1.165) is 34.9 Å². The zero-order valence-electron chi connectivity index (χ0n) is 14.8. The molecule has 1 atom stereocenters. The second kappa shape index (κ2) is 10.3. The van der Waals surface area contributed by atoms with E-state index >= 15 is 0 Å². The molecule has 0 amide bonds. The number of aliphatic imine (C=N–C) groups is 1. The van der Waals surface area contributed by atoms with Gasteiger partial charge >= 0.3 is 0 Å². The number of hydrogen-bond donors (Lipinski definition) is 2. The first-order valence-electron chi connectivity index (χ1n) is 8.33. The van der Waals surface area contributed by atoms with E-state index in [0.29, 0.717) is 12.5 Å². The van der Waals surface area contributed by atoms with Gasteiger partial charge in [-0.05, 0) is 63.3 Å². The molecule has 0 fully saturated rings. The highest BCUT2D eigenvalue weighted by Gasteiger charge is 2.07. The van der Waals surface area contributed by atoms with E-state index in [4.69, 9.17) is 0 Å². The van der Waals surface area contributed by atoms with Crippen molar-refractivity contribution in [2.24, 2.45) is 4.99 Å². The predicted octanol–water partition coefficient (Wildman–Crippen LogP) is 4.64. The third-order valence-corrected chi connectivity index (χ3v) is 5.07. The number of thiophene rings is 1. The van der Waals surface area contributed by atoms with Crippen molar-refractivity contribution in [1.29, 1.82) is 0 Å². The van der Waals surface area contributed by atoms with Crippen molar-refractivity contribution in [3.8, 4) is 0 Å². The van der Waals surface area contributed by atoms with Crippen LogP contribution in [0, 0.1) is 0 Å². The van der Waals surface area contributed by atoms with Crippen molar-refractivity contribution < 1.29 is 0 Å². The van der Waals surface area contributed by atoms with Crippen LogP contribution in [-0.2, 0) is 6.54 Å². The van der Waals surface area contributed by atoms with Crippen molar-refractivity contribution >= 4 is 62.9 Å². The third-order valence-electron chi connectivity index (χ3n) is 3.90. The van der Waals surface area contributed by atoms with Gasteiger partial charge in [-0.25, -0.2) is 9.98 Å². The molecule has 3 heterocycles. The maximum absolute atomic E-state index is 4.66. The summed E-state index contributed by atoms with van der Waals surface area (Å²) in [6, 6.07) is 6.16. The summed E-state index contributed by atoms with van der Waals surface area (Å²) in [5.41, 5.74) is 3.23. The van der Waals surface area contributed by atoms with Gasteiger partial charge in [-0.3, -0.25) is 0 Å². The molecule has 0 bridgehead atoms. The molecular formula is C18H23BrIN5S. The molecule has 140 valence electrons. The highest BCUT2D eigenvalue weighted by molar-refractivity contribution is 14.0. The molecule has 0 radical (unpaired) electrons. The monoisotopic (exact) mass is 547 g/mol. The molecule has 0 aliphatic heterocycles. The van der Waals surface area contributed by atoms with Gasteiger partial charge in [0, 0.05) is 30.0 Å². The molecule has 0 spiro atoms. The van der Waals surface area contributed by atoms with E-state index in [9.17, 15) is 0 Å². The summed E-state index contributed by atoms with van der Waals surface area (Å²) in [5.74, 6) is 1.27. The Morgan fingerprint density at radius 3 is 2.88 bits per heavy atom. The van der Waals surface area contributed by atoms with Gasteiger partial charge in [0.25, 0.3) is 0 Å². The number of aromatic nitrogens is 2. The van der Waals surface area contributed by atoms with Crippen LogP contribution >= 0.6 is 51.2 Å². The Bertz CT molecular complexity index is 847. The quantitative estimate of drug-likeness (QED) is 0.269. The van der Waals surface area contributed by atoms with Crippen LogP contribution in [-0.4, -0.2) is 28.4 Å². The second-order valence-electron chi connectivity index (χ2n) is 5.88. The van der Waals surface area contributed by atoms with Gasteiger partial charge in [0.2, 0.25) is 0 Å². The fourth-order valence-corrected chi connectivity index (χ4v) is 3.65. The topological polar surface area (TPSA) is 53.7 Å². The Morgan fingerprint density at radius 2 is 2.15 bits per heavy atom. The number of imidazole rings is 1. The number of hydrogen-bond acceptors (Lipinski definition) is 3. The summed E-state index contributed by atoms with van der Waals surface area (Å²) in [4.78, 5) is 9.27. The van der Waals surface area contributed by atoms with Crippen LogP contribution in [0.2, 0.25) is 0 Å². The van der Waals surface area contributed by atoms with Crippen molar-refractivity contribution in [3.05, 3.63) is 57.1 Å². The fourth-order valence-electron chi connectivity index (χ4n) is 2.52. The lowest BCUT2D eigenvalue weighted by atomic mass is 10.1. The molecule has 26 heavy (non-hydrogen) atoms. The van der Waals surface area contributed by atoms with Gasteiger partial charge in [0.05, 0.1) is 12.2 Å². The number of halogens is 2. The maximum Gasteiger partial charge on any atom is 0.191 e. The molecule has 0 aliphatic rings. The number of fused-ring (bicyclic) bond motifs is 1. The van der Waals surface area contributed by atoms with Crippen molar-refractivity contribution in [2.45, 2.75) is 26.3 Å². The summed E-state index contributed by atoms with van der Waals surface area (Å²) in [6.45, 7) is 6.51. The maximum atomic E-state index is 4.66. The standard InChI is InChI=1S/C18H22BrN5S.HI/c1-3-20-18(21-8-13(2)14-6-7-25-12-14)22-9-16-11-24-10-15(19)4-5-17(24)23-16;/h4-7,10-13H,3,8-9H2,1-2H3,(H2,20,21,22);1H. The first-order chi connectivity index (χ1) is 12.2. The van der Waals surface area contributed by atoms with E-state index in [2.05, 4.69) is 67.2 Å². The summed E-state index contributed by atoms with van der Waals surface area (Å²) in [5, 5.41) is 11.0. The lowest BCUT2D eigenvalue weighted by molar-refractivity contribution is 0.701. The summed E-state index contributed by atoms with van der Waals surface area (Å²) < 4.78 is 3.04. The van der Waals surface area contributed by atoms with Crippen LogP contribution in [0.5, 0.6) is 0 Å². The first kappa shape index (κ1) is 21.2. The lowest BCUT2D eigenvalue weighted by Gasteiger charge is -2.15. The fraction of sp³-hybridized carbons (Fsp3) is 0.333. The average molecular weight is 548 g/mol. The third kappa shape index (κ3) is 5.68. The predicted molar refractivity (Wildman–Crippen MR) is 124 cm³/mol. The smallest absolute Gasteiger partial charge is 0.191 e. The van der Waals surface area contributed by atoms with Crippen LogP contribution in [0.15, 0.2) is 50.8 Å². The minimum Gasteiger partial charge on any atom is -0.357 e. The van der Waals surface area contributed by atoms with Gasteiger partial charge in [0.1, 0.15) is 5.65 Å². The van der Waals surface area contributed by atoms with Crippen LogP contribution < -0.4 is 10.6 Å². The Kier molecular flexibility index (Phi) is 8.36. The molecule has 1 unspecified atom stereocenters. The highest BCUT2D eigenvalue weighted by atomic mass is 127. The lowest BCUT2D eigenvalue weighted by Crippen LogP contribution is -2.39. The van der Waals surface area contributed by atoms with E-state index in [1.807, 2.05) is 28.9 Å². The van der Waals surface area contributed by atoms with Gasteiger partial charge in [-0.15, -0.1) is 24.0 Å². The van der Waals surface area contributed by atoms with Crippen molar-refractivity contribution in [3.63, 3.8) is 0 Å². The zero-order valence-corrected chi connectivity index (χ0v) is 19.5. The SMILES string of the molecule is CCNC(=NCc1cn2cc(Br)ccc2n1)NCC(C)c1ccsc1.I. The minimum atomic E-state index is 0. The normalized spacial score (nSPS) is 12.7. The molecule has 0 saturated heterocycles. The van der Waals surface area contributed by atoms with Gasteiger partial charge in [0.15, 0.2) is 5.96 Å². The van der Waals surface area contributed by atoms with E-state index in [-0.39, 0.29) is 24.0 Å². The number of guanidine groups is 1. The van der Waals surface area contributed by atoms with E-state index in [1.165, 1.54) is 5.56 Å². The van der Waals surface area contributed by atoms with Crippen LogP contribution in [0.1, 0.15) is 31.0 Å². The molecule has 3 rings (SSSR count). The Labute approximate surface area is 183 Å². The van der Waals surface area contributed by atoms with Crippen molar-refractivity contribution in [1.82, 2.24) is 20.0 Å². The molecule has 0 aliphatic carbocycles. The average Bonchev–Trinajstić information content (AvgIpc) is 3.26. The summed E-state index contributed by atoms with van der Waals surface area (Å²) >= 11 is 5.21. The molecule has 0 saturated carbocycles. The van der Waals surface area contributed by atoms with E-state index in [1.54, 1.807) is 11.3 Å². The molecule has 2 N–H and O–H groups in total. The molecule has 0 aromatic carbocycles. The van der Waals surface area contributed by atoms with Crippen molar-refractivity contribution in [2.75, 3.05) is 13.1 Å². The minimum absolute atomic E-state index is 0. The highest BCUT2D eigenvalue weighted by Crippen LogP contribution is 2.17. The van der Waals surface area contributed by atoms with Gasteiger partial charge in [-0.1, -0.05) is 6.92 Å². The molecular weight excluding hydrogens is 525 g/mol. The van der Waals surface area contributed by atoms with Crippen LogP contribution in [0.4, 0.5) is 0 Å². The summed E-state index contributed by atoms with van der Waals surface area (Å²) in [6.07, 6.45) is 4.02. The summed E-state index contributed by atoms with van der Waals surface area (Å²) in [7, 11) is 0. The van der Waals surface area contributed by atoms with Crippen LogP contribution in [0.25, 0.3) is 5.65 Å².